The third kappa shape index (κ3) is 3.27. The molecule has 0 aliphatic rings. The van der Waals surface area contributed by atoms with Crippen molar-refractivity contribution in [2.24, 2.45) is 5.10 Å². The number of hydrogen-bond acceptors (Lipinski definition) is 4. The van der Waals surface area contributed by atoms with E-state index in [1.807, 2.05) is 18.2 Å². The Labute approximate surface area is 153 Å². The lowest BCUT2D eigenvalue weighted by atomic mass is 10.1. The molecule has 2 aromatic carbocycles. The number of nitrogens with one attached hydrogen (secondary N) is 2. The molecule has 0 spiro atoms. The molecule has 0 saturated heterocycles. The van der Waals surface area contributed by atoms with Gasteiger partial charge in [0.15, 0.2) is 0 Å². The standard InChI is InChI=1S/C19H13ClFN5/c20-14-3-6-16-17(7-8-22-18(16)9-14)25-23-10-13-11-24-26-19(13)12-1-4-15(21)5-2-12/h1-11H,(H,22,25)(H,24,26)/b23-10-. The van der Waals surface area contributed by atoms with E-state index in [-0.39, 0.29) is 5.82 Å². The summed E-state index contributed by atoms with van der Waals surface area (Å²) in [6.07, 6.45) is 5.01. The van der Waals surface area contributed by atoms with E-state index in [1.165, 1.54) is 12.1 Å². The summed E-state index contributed by atoms with van der Waals surface area (Å²) in [6, 6.07) is 13.5. The molecule has 7 heteroatoms. The molecule has 2 aromatic heterocycles. The van der Waals surface area contributed by atoms with Crippen LogP contribution in [0.4, 0.5) is 10.1 Å². The van der Waals surface area contributed by atoms with Gasteiger partial charge in [-0.3, -0.25) is 15.5 Å². The topological polar surface area (TPSA) is 66.0 Å². The number of anilines is 1. The van der Waals surface area contributed by atoms with Crippen molar-refractivity contribution in [3.8, 4) is 11.3 Å². The van der Waals surface area contributed by atoms with Gasteiger partial charge in [0.1, 0.15) is 5.82 Å². The van der Waals surface area contributed by atoms with Crippen molar-refractivity contribution in [2.45, 2.75) is 0 Å². The number of H-pyrrole nitrogens is 1. The summed E-state index contributed by atoms with van der Waals surface area (Å²) in [6.45, 7) is 0. The third-order valence-electron chi connectivity index (χ3n) is 3.89. The maximum absolute atomic E-state index is 13.1. The van der Waals surface area contributed by atoms with E-state index in [4.69, 9.17) is 11.6 Å². The monoisotopic (exact) mass is 365 g/mol. The number of pyridine rings is 1. The van der Waals surface area contributed by atoms with Crippen LogP contribution in [0.25, 0.3) is 22.2 Å². The number of rotatable bonds is 4. The van der Waals surface area contributed by atoms with Gasteiger partial charge in [0, 0.05) is 27.7 Å². The van der Waals surface area contributed by atoms with E-state index in [0.29, 0.717) is 5.02 Å². The third-order valence-corrected chi connectivity index (χ3v) is 4.13. The molecule has 4 aromatic rings. The molecule has 0 saturated carbocycles. The fraction of sp³-hybridized carbons (Fsp3) is 0. The number of hydrogen-bond donors (Lipinski definition) is 2. The number of aromatic amines is 1. The highest BCUT2D eigenvalue weighted by atomic mass is 35.5. The SMILES string of the molecule is Fc1ccc(-c2[nH]ncc2/C=N\Nc2ccnc3cc(Cl)ccc23)cc1. The molecule has 0 unspecified atom stereocenters. The normalized spacial score (nSPS) is 11.3. The van der Waals surface area contributed by atoms with Gasteiger partial charge < -0.3 is 0 Å². The van der Waals surface area contributed by atoms with Gasteiger partial charge in [-0.05, 0) is 48.5 Å². The van der Waals surface area contributed by atoms with Crippen LogP contribution in [-0.2, 0) is 0 Å². The van der Waals surface area contributed by atoms with E-state index >= 15 is 0 Å². The van der Waals surface area contributed by atoms with Crippen LogP contribution in [-0.4, -0.2) is 21.4 Å². The first kappa shape index (κ1) is 16.2. The molecular weight excluding hydrogens is 353 g/mol. The summed E-state index contributed by atoms with van der Waals surface area (Å²) >= 11 is 6.00. The predicted molar refractivity (Wildman–Crippen MR) is 102 cm³/mol. The van der Waals surface area contributed by atoms with Gasteiger partial charge in [-0.25, -0.2) is 4.39 Å². The summed E-state index contributed by atoms with van der Waals surface area (Å²) in [5.41, 5.74) is 6.99. The van der Waals surface area contributed by atoms with Crippen molar-refractivity contribution in [1.29, 1.82) is 0 Å². The van der Waals surface area contributed by atoms with Gasteiger partial charge in [-0.1, -0.05) is 11.6 Å². The quantitative estimate of drug-likeness (QED) is 0.401. The van der Waals surface area contributed by atoms with Gasteiger partial charge in [0.2, 0.25) is 0 Å². The van der Waals surface area contributed by atoms with E-state index in [0.717, 1.165) is 33.4 Å². The van der Waals surface area contributed by atoms with Crippen LogP contribution >= 0.6 is 11.6 Å². The largest absolute Gasteiger partial charge is 0.278 e. The Balaban J connectivity index is 1.59. The zero-order chi connectivity index (χ0) is 17.9. The maximum atomic E-state index is 13.1. The molecule has 0 aliphatic heterocycles. The first-order valence-electron chi connectivity index (χ1n) is 7.83. The summed E-state index contributed by atoms with van der Waals surface area (Å²) in [7, 11) is 0. The van der Waals surface area contributed by atoms with E-state index < -0.39 is 0 Å². The molecule has 2 N–H and O–H groups in total. The van der Waals surface area contributed by atoms with Crippen LogP contribution in [0.1, 0.15) is 5.56 Å². The number of aromatic nitrogens is 3. The minimum atomic E-state index is -0.283. The second-order valence-corrected chi connectivity index (χ2v) is 6.03. The molecule has 0 amide bonds. The van der Waals surface area contributed by atoms with Gasteiger partial charge in [-0.2, -0.15) is 10.2 Å². The zero-order valence-electron chi connectivity index (χ0n) is 13.4. The maximum Gasteiger partial charge on any atom is 0.123 e. The molecule has 2 heterocycles. The minimum absolute atomic E-state index is 0.283. The van der Waals surface area contributed by atoms with Crippen LogP contribution in [0.15, 0.2) is 66.0 Å². The van der Waals surface area contributed by atoms with Crippen molar-refractivity contribution in [1.82, 2.24) is 15.2 Å². The van der Waals surface area contributed by atoms with Crippen molar-refractivity contribution in [3.63, 3.8) is 0 Å². The lowest BCUT2D eigenvalue weighted by molar-refractivity contribution is 0.628. The minimum Gasteiger partial charge on any atom is -0.278 e. The first-order chi connectivity index (χ1) is 12.7. The van der Waals surface area contributed by atoms with Gasteiger partial charge in [0.05, 0.1) is 29.3 Å². The smallest absolute Gasteiger partial charge is 0.123 e. The molecule has 0 atom stereocenters. The molecule has 0 bridgehead atoms. The predicted octanol–water partition coefficient (Wildman–Crippen LogP) is 4.86. The van der Waals surface area contributed by atoms with Crippen LogP contribution < -0.4 is 5.43 Å². The lowest BCUT2D eigenvalue weighted by Gasteiger charge is -2.05. The van der Waals surface area contributed by atoms with Crippen LogP contribution in [0.5, 0.6) is 0 Å². The van der Waals surface area contributed by atoms with Crippen molar-refractivity contribution >= 4 is 34.4 Å². The Morgan fingerprint density at radius 3 is 2.81 bits per heavy atom. The van der Waals surface area contributed by atoms with E-state index in [2.05, 4.69) is 25.7 Å². The highest BCUT2D eigenvalue weighted by Gasteiger charge is 2.06. The summed E-state index contributed by atoms with van der Waals surface area (Å²) in [5.74, 6) is -0.283. The van der Waals surface area contributed by atoms with Gasteiger partial charge in [-0.15, -0.1) is 0 Å². The Morgan fingerprint density at radius 1 is 1.12 bits per heavy atom. The number of benzene rings is 2. The van der Waals surface area contributed by atoms with Crippen molar-refractivity contribution in [3.05, 3.63) is 77.3 Å². The fourth-order valence-corrected chi connectivity index (χ4v) is 2.80. The molecule has 26 heavy (non-hydrogen) atoms. The summed E-state index contributed by atoms with van der Waals surface area (Å²) < 4.78 is 13.1. The summed E-state index contributed by atoms with van der Waals surface area (Å²) in [5, 5.41) is 12.8. The van der Waals surface area contributed by atoms with Crippen LogP contribution in [0.3, 0.4) is 0 Å². The average Bonchev–Trinajstić information content (AvgIpc) is 3.11. The number of hydrazone groups is 1. The zero-order valence-corrected chi connectivity index (χ0v) is 14.2. The first-order valence-corrected chi connectivity index (χ1v) is 8.21. The van der Waals surface area contributed by atoms with Gasteiger partial charge in [0.25, 0.3) is 0 Å². The van der Waals surface area contributed by atoms with Crippen LogP contribution in [0, 0.1) is 5.82 Å². The molecule has 128 valence electrons. The molecule has 0 fully saturated rings. The Kier molecular flexibility index (Phi) is 4.33. The van der Waals surface area contributed by atoms with Crippen molar-refractivity contribution in [2.75, 3.05) is 5.43 Å². The lowest BCUT2D eigenvalue weighted by Crippen LogP contribution is -1.93. The molecule has 5 nitrogen and oxygen atoms in total. The summed E-state index contributed by atoms with van der Waals surface area (Å²) in [4.78, 5) is 4.30. The second-order valence-electron chi connectivity index (χ2n) is 5.60. The number of nitrogens with zero attached hydrogens (tertiary/aromatic N) is 3. The molecular formula is C19H13ClFN5. The van der Waals surface area contributed by atoms with Crippen molar-refractivity contribution < 1.29 is 4.39 Å². The van der Waals surface area contributed by atoms with E-state index in [1.54, 1.807) is 36.8 Å². The Hall–Kier alpha value is -3.25. The number of fused-ring (bicyclic) bond motifs is 1. The molecule has 0 aliphatic carbocycles. The van der Waals surface area contributed by atoms with Crippen LogP contribution in [0.2, 0.25) is 5.02 Å². The second kappa shape index (κ2) is 6.93. The average molecular weight is 366 g/mol. The highest BCUT2D eigenvalue weighted by molar-refractivity contribution is 6.31. The Bertz CT molecular complexity index is 1090. The highest BCUT2D eigenvalue weighted by Crippen LogP contribution is 2.24. The Morgan fingerprint density at radius 2 is 1.96 bits per heavy atom. The fourth-order valence-electron chi connectivity index (χ4n) is 2.63. The molecule has 4 rings (SSSR count). The number of halogens is 2. The van der Waals surface area contributed by atoms with E-state index in [9.17, 15) is 4.39 Å². The molecule has 0 radical (unpaired) electrons. The van der Waals surface area contributed by atoms with Gasteiger partial charge >= 0.3 is 0 Å².